The lowest BCUT2D eigenvalue weighted by atomic mass is 9.84. The average Bonchev–Trinajstić information content (AvgIpc) is 3.24. The van der Waals surface area contributed by atoms with E-state index in [4.69, 9.17) is 9.97 Å². The number of nitrogens with zero attached hydrogens (tertiary/aromatic N) is 2. The summed E-state index contributed by atoms with van der Waals surface area (Å²) in [6.07, 6.45) is 13.3. The Morgan fingerprint density at radius 3 is 1.80 bits per heavy atom. The molecule has 272 valence electrons. The van der Waals surface area contributed by atoms with Gasteiger partial charge in [0.15, 0.2) is 5.82 Å². The maximum absolute atomic E-state index is 5.22. The summed E-state index contributed by atoms with van der Waals surface area (Å²) in [4.78, 5) is 10.4. The molecule has 0 spiro atoms. The van der Waals surface area contributed by atoms with E-state index in [1.54, 1.807) is 0 Å². The number of anilines is 4. The van der Waals surface area contributed by atoms with E-state index < -0.39 is 0 Å². The van der Waals surface area contributed by atoms with E-state index in [9.17, 15) is 0 Å². The maximum atomic E-state index is 5.22. The minimum Gasteiger partial charge on any atom is -0.355 e. The monoisotopic (exact) mass is 724 g/mol. The normalized spacial score (nSPS) is 16.5. The lowest BCUT2D eigenvalue weighted by molar-refractivity contribution is 0.747. The van der Waals surface area contributed by atoms with E-state index in [1.807, 2.05) is 30.3 Å². The van der Waals surface area contributed by atoms with Gasteiger partial charge in [0, 0.05) is 28.2 Å². The number of fused-ring (bicyclic) bond motifs is 1. The largest absolute Gasteiger partial charge is 0.355 e. The lowest BCUT2D eigenvalue weighted by Crippen LogP contribution is -2.08. The van der Waals surface area contributed by atoms with Gasteiger partial charge in [-0.25, -0.2) is 9.97 Å². The van der Waals surface area contributed by atoms with Crippen molar-refractivity contribution in [3.05, 3.63) is 199 Å². The highest BCUT2D eigenvalue weighted by Gasteiger charge is 2.21. The Balaban J connectivity index is 1.19. The van der Waals surface area contributed by atoms with Gasteiger partial charge in [-0.3, -0.25) is 0 Å². The van der Waals surface area contributed by atoms with Crippen molar-refractivity contribution in [3.63, 3.8) is 0 Å². The SMILES string of the molecule is CC1C=CC=C(c2nc3ccccc3nc2Nc2ccc(-c3ccc(Nc4ccccc4)c(-c4ccccc4)c3)cc2C2=C[C@@H](C)CC(c3ccccc3)=C2)C1. The summed E-state index contributed by atoms with van der Waals surface area (Å²) in [6.45, 7) is 4.57. The van der Waals surface area contributed by atoms with E-state index in [-0.39, 0.29) is 0 Å². The molecule has 6 aromatic carbocycles. The van der Waals surface area contributed by atoms with E-state index in [0.29, 0.717) is 11.8 Å². The summed E-state index contributed by atoms with van der Waals surface area (Å²) in [6, 6.07) is 53.5. The molecule has 2 aliphatic rings. The van der Waals surface area contributed by atoms with Gasteiger partial charge in [0.1, 0.15) is 5.69 Å². The van der Waals surface area contributed by atoms with Crippen molar-refractivity contribution in [2.24, 2.45) is 11.8 Å². The Morgan fingerprint density at radius 1 is 0.518 bits per heavy atom. The molecular formula is C52H44N4. The number of allylic oxidation sites excluding steroid dienone is 8. The quantitative estimate of drug-likeness (QED) is 0.156. The smallest absolute Gasteiger partial charge is 0.157 e. The number of hydrogen-bond donors (Lipinski definition) is 2. The molecule has 0 amide bonds. The molecule has 0 fully saturated rings. The molecule has 4 nitrogen and oxygen atoms in total. The Hall–Kier alpha value is -6.78. The highest BCUT2D eigenvalue weighted by atomic mass is 15.0. The molecule has 1 aromatic heterocycles. The van der Waals surface area contributed by atoms with Gasteiger partial charge in [-0.1, -0.05) is 147 Å². The van der Waals surface area contributed by atoms with Crippen molar-refractivity contribution in [1.29, 1.82) is 0 Å². The zero-order valence-electron chi connectivity index (χ0n) is 31.8. The lowest BCUT2D eigenvalue weighted by Gasteiger charge is -2.23. The van der Waals surface area contributed by atoms with Crippen molar-refractivity contribution in [2.45, 2.75) is 26.7 Å². The fourth-order valence-corrected chi connectivity index (χ4v) is 7.92. The van der Waals surface area contributed by atoms with Gasteiger partial charge in [0.2, 0.25) is 0 Å². The summed E-state index contributed by atoms with van der Waals surface area (Å²) in [7, 11) is 0. The Kier molecular flexibility index (Phi) is 9.69. The van der Waals surface area contributed by atoms with Crippen LogP contribution in [0.5, 0.6) is 0 Å². The average molecular weight is 725 g/mol. The van der Waals surface area contributed by atoms with Crippen LogP contribution in [0.3, 0.4) is 0 Å². The van der Waals surface area contributed by atoms with Gasteiger partial charge in [0.05, 0.1) is 11.0 Å². The van der Waals surface area contributed by atoms with E-state index in [2.05, 4.69) is 176 Å². The Morgan fingerprint density at radius 2 is 1.11 bits per heavy atom. The van der Waals surface area contributed by atoms with Crippen LogP contribution < -0.4 is 10.6 Å². The number of aromatic nitrogens is 2. The molecule has 0 radical (unpaired) electrons. The third-order valence-corrected chi connectivity index (χ3v) is 10.7. The number of hydrogen-bond acceptors (Lipinski definition) is 4. The fourth-order valence-electron chi connectivity index (χ4n) is 7.92. The molecule has 2 aliphatic carbocycles. The third-order valence-electron chi connectivity index (χ3n) is 10.7. The van der Waals surface area contributed by atoms with Gasteiger partial charge < -0.3 is 10.6 Å². The van der Waals surface area contributed by atoms with Gasteiger partial charge >= 0.3 is 0 Å². The second-order valence-corrected chi connectivity index (χ2v) is 15.0. The van der Waals surface area contributed by atoms with Crippen LogP contribution in [0.4, 0.5) is 22.9 Å². The zero-order valence-corrected chi connectivity index (χ0v) is 31.8. The summed E-state index contributed by atoms with van der Waals surface area (Å²) >= 11 is 0. The molecule has 1 heterocycles. The first-order valence-electron chi connectivity index (χ1n) is 19.6. The first kappa shape index (κ1) is 35.0. The zero-order chi connectivity index (χ0) is 37.8. The molecule has 2 N–H and O–H groups in total. The molecule has 56 heavy (non-hydrogen) atoms. The van der Waals surface area contributed by atoms with Gasteiger partial charge in [-0.2, -0.15) is 0 Å². The topological polar surface area (TPSA) is 49.8 Å². The minimum absolute atomic E-state index is 0.367. The summed E-state index contributed by atoms with van der Waals surface area (Å²) in [5.74, 6) is 1.56. The van der Waals surface area contributed by atoms with Gasteiger partial charge in [0.25, 0.3) is 0 Å². The molecule has 2 atom stereocenters. The van der Waals surface area contributed by atoms with Crippen LogP contribution in [0, 0.1) is 11.8 Å². The Labute approximate surface area is 329 Å². The van der Waals surface area contributed by atoms with Crippen LogP contribution in [0.2, 0.25) is 0 Å². The molecular weight excluding hydrogens is 681 g/mol. The second kappa shape index (κ2) is 15.5. The van der Waals surface area contributed by atoms with E-state index in [0.717, 1.165) is 80.3 Å². The molecule has 0 saturated carbocycles. The van der Waals surface area contributed by atoms with Crippen LogP contribution >= 0.6 is 0 Å². The van der Waals surface area contributed by atoms with Crippen molar-refractivity contribution < 1.29 is 0 Å². The molecule has 1 unspecified atom stereocenters. The first-order chi connectivity index (χ1) is 27.5. The van der Waals surface area contributed by atoms with Crippen LogP contribution in [-0.2, 0) is 0 Å². The van der Waals surface area contributed by atoms with Crippen LogP contribution in [-0.4, -0.2) is 9.97 Å². The Bertz CT molecular complexity index is 2650. The van der Waals surface area contributed by atoms with Crippen LogP contribution in [0.25, 0.3) is 50.0 Å². The number of para-hydroxylation sites is 3. The summed E-state index contributed by atoms with van der Waals surface area (Å²) < 4.78 is 0. The van der Waals surface area contributed by atoms with Crippen molar-refractivity contribution >= 4 is 50.6 Å². The van der Waals surface area contributed by atoms with Crippen molar-refractivity contribution in [2.75, 3.05) is 10.6 Å². The maximum Gasteiger partial charge on any atom is 0.157 e. The molecule has 4 heteroatoms. The first-order valence-corrected chi connectivity index (χ1v) is 19.6. The summed E-state index contributed by atoms with van der Waals surface area (Å²) in [5, 5.41) is 7.52. The molecule has 7 aromatic rings. The fraction of sp³-hybridized carbons (Fsp3) is 0.115. The number of benzene rings is 6. The van der Waals surface area contributed by atoms with E-state index >= 15 is 0 Å². The number of nitrogens with one attached hydrogen (secondary N) is 2. The molecule has 0 bridgehead atoms. The predicted molar refractivity (Wildman–Crippen MR) is 237 cm³/mol. The number of rotatable bonds is 9. The van der Waals surface area contributed by atoms with Crippen LogP contribution in [0.1, 0.15) is 43.5 Å². The minimum atomic E-state index is 0.367. The molecule has 0 aliphatic heterocycles. The molecule has 9 rings (SSSR count). The predicted octanol–water partition coefficient (Wildman–Crippen LogP) is 13.9. The standard InChI is InChI=1S/C52H44N4/c1-35-15-14-20-41(29-35)51-52(56-50-24-13-12-23-49(50)54-51)55-48-28-26-40(34-46(48)43-31-36(2)30-42(32-43)37-16-6-3-7-17-37)39-25-27-47(53-44-21-10-5-11-22-44)45(33-39)38-18-8-4-9-19-38/h3-28,31-36,53H,29-30H2,1-2H3,(H,55,56)/t35?,36-/m0/s1. The van der Waals surface area contributed by atoms with Crippen molar-refractivity contribution in [3.8, 4) is 22.3 Å². The molecule has 0 saturated heterocycles. The van der Waals surface area contributed by atoms with Crippen molar-refractivity contribution in [1.82, 2.24) is 9.97 Å². The van der Waals surface area contributed by atoms with E-state index in [1.165, 1.54) is 22.3 Å². The highest BCUT2D eigenvalue weighted by molar-refractivity contribution is 5.94. The summed E-state index contributed by atoms with van der Waals surface area (Å²) in [5.41, 5.74) is 16.5. The third kappa shape index (κ3) is 7.47. The van der Waals surface area contributed by atoms with Crippen LogP contribution in [0.15, 0.2) is 182 Å². The highest BCUT2D eigenvalue weighted by Crippen LogP contribution is 2.42. The van der Waals surface area contributed by atoms with Gasteiger partial charge in [-0.05, 0) is 112 Å². The second-order valence-electron chi connectivity index (χ2n) is 15.0. The van der Waals surface area contributed by atoms with Gasteiger partial charge in [-0.15, -0.1) is 0 Å².